The molecule has 0 aliphatic carbocycles. The van der Waals surface area contributed by atoms with Gasteiger partial charge in [-0.1, -0.05) is 6.07 Å². The van der Waals surface area contributed by atoms with Crippen molar-refractivity contribution in [3.05, 3.63) is 34.7 Å². The van der Waals surface area contributed by atoms with Gasteiger partial charge in [0.25, 0.3) is 0 Å². The Morgan fingerprint density at radius 2 is 2.26 bits per heavy atom. The SMILES string of the molecule is COc1cc(-c2sc(CC(N)=O)nc2C)ccc1F. The maximum Gasteiger partial charge on any atom is 0.224 e. The molecular formula is C13H13FN2O2S. The molecule has 0 radical (unpaired) electrons. The first-order chi connectivity index (χ1) is 9.01. The minimum atomic E-state index is -0.419. The van der Waals surface area contributed by atoms with Gasteiger partial charge in [-0.3, -0.25) is 4.79 Å². The van der Waals surface area contributed by atoms with Gasteiger partial charge in [0.1, 0.15) is 5.01 Å². The lowest BCUT2D eigenvalue weighted by atomic mass is 10.1. The number of nitrogens with two attached hydrogens (primary N) is 1. The zero-order chi connectivity index (χ0) is 14.0. The molecule has 0 bridgehead atoms. The Balaban J connectivity index is 2.41. The van der Waals surface area contributed by atoms with Crippen molar-refractivity contribution in [1.82, 2.24) is 4.98 Å². The highest BCUT2D eigenvalue weighted by Crippen LogP contribution is 2.33. The molecule has 100 valence electrons. The van der Waals surface area contributed by atoms with Crippen molar-refractivity contribution in [1.29, 1.82) is 0 Å². The molecule has 0 spiro atoms. The highest BCUT2D eigenvalue weighted by molar-refractivity contribution is 7.15. The summed E-state index contributed by atoms with van der Waals surface area (Å²) in [7, 11) is 1.42. The van der Waals surface area contributed by atoms with Crippen LogP contribution in [0.3, 0.4) is 0 Å². The number of aromatic nitrogens is 1. The van der Waals surface area contributed by atoms with Crippen LogP contribution in [0.4, 0.5) is 4.39 Å². The Bertz CT molecular complexity index is 625. The second kappa shape index (κ2) is 5.36. The molecule has 0 aliphatic heterocycles. The summed E-state index contributed by atoms with van der Waals surface area (Å²) in [5, 5.41) is 0.656. The third-order valence-corrected chi connectivity index (χ3v) is 3.79. The predicted molar refractivity (Wildman–Crippen MR) is 71.7 cm³/mol. The van der Waals surface area contributed by atoms with Crippen LogP contribution in [0.15, 0.2) is 18.2 Å². The Kier molecular flexibility index (Phi) is 3.80. The van der Waals surface area contributed by atoms with Gasteiger partial charge in [0.05, 0.1) is 24.1 Å². The number of amides is 1. The van der Waals surface area contributed by atoms with E-state index in [4.69, 9.17) is 10.5 Å². The molecule has 2 rings (SSSR count). The van der Waals surface area contributed by atoms with Gasteiger partial charge < -0.3 is 10.5 Å². The van der Waals surface area contributed by atoms with Crippen molar-refractivity contribution in [3.8, 4) is 16.2 Å². The van der Waals surface area contributed by atoms with Gasteiger partial charge in [0, 0.05) is 0 Å². The van der Waals surface area contributed by atoms with Crippen LogP contribution in [0, 0.1) is 12.7 Å². The van der Waals surface area contributed by atoms with Gasteiger partial charge in [0.2, 0.25) is 5.91 Å². The van der Waals surface area contributed by atoms with Crippen LogP contribution < -0.4 is 10.5 Å². The predicted octanol–water partition coefficient (Wildman–Crippen LogP) is 2.29. The second-order valence-electron chi connectivity index (χ2n) is 4.01. The number of benzene rings is 1. The monoisotopic (exact) mass is 280 g/mol. The fourth-order valence-electron chi connectivity index (χ4n) is 1.75. The average molecular weight is 280 g/mol. The number of hydrogen-bond acceptors (Lipinski definition) is 4. The lowest BCUT2D eigenvalue weighted by Gasteiger charge is -2.04. The lowest BCUT2D eigenvalue weighted by molar-refractivity contribution is -0.117. The van der Waals surface area contributed by atoms with Gasteiger partial charge in [-0.2, -0.15) is 0 Å². The first kappa shape index (κ1) is 13.5. The third kappa shape index (κ3) is 2.90. The summed E-state index contributed by atoms with van der Waals surface area (Å²) in [5.74, 6) is -0.649. The molecule has 4 nitrogen and oxygen atoms in total. The fraction of sp³-hybridized carbons (Fsp3) is 0.231. The molecule has 6 heteroatoms. The number of aryl methyl sites for hydroxylation is 1. The van der Waals surface area contributed by atoms with Crippen molar-refractivity contribution in [2.45, 2.75) is 13.3 Å². The number of thiazole rings is 1. The smallest absolute Gasteiger partial charge is 0.224 e. The lowest BCUT2D eigenvalue weighted by Crippen LogP contribution is -2.13. The summed E-state index contributed by atoms with van der Waals surface area (Å²) in [6.45, 7) is 1.84. The molecule has 0 saturated carbocycles. The number of carbonyl (C=O) groups excluding carboxylic acids is 1. The zero-order valence-electron chi connectivity index (χ0n) is 10.6. The quantitative estimate of drug-likeness (QED) is 0.934. The third-order valence-electron chi connectivity index (χ3n) is 2.58. The minimum absolute atomic E-state index is 0.115. The molecule has 0 unspecified atom stereocenters. The van der Waals surface area contributed by atoms with E-state index in [-0.39, 0.29) is 12.2 Å². The van der Waals surface area contributed by atoms with Crippen molar-refractivity contribution >= 4 is 17.2 Å². The van der Waals surface area contributed by atoms with E-state index in [1.165, 1.54) is 24.5 Å². The van der Waals surface area contributed by atoms with Crippen LogP contribution >= 0.6 is 11.3 Å². The number of primary amides is 1. The summed E-state index contributed by atoms with van der Waals surface area (Å²) in [5.41, 5.74) is 6.74. The van der Waals surface area contributed by atoms with Gasteiger partial charge in [-0.15, -0.1) is 11.3 Å². The Labute approximate surface area is 114 Å². The van der Waals surface area contributed by atoms with Crippen LogP contribution in [-0.2, 0) is 11.2 Å². The van der Waals surface area contributed by atoms with Crippen LogP contribution in [-0.4, -0.2) is 18.0 Å². The summed E-state index contributed by atoms with van der Waals surface area (Å²) in [4.78, 5) is 16.1. The van der Waals surface area contributed by atoms with Crippen LogP contribution in [0.1, 0.15) is 10.7 Å². The first-order valence-electron chi connectivity index (χ1n) is 5.59. The molecule has 2 N–H and O–H groups in total. The van der Waals surface area contributed by atoms with Crippen molar-refractivity contribution < 1.29 is 13.9 Å². The zero-order valence-corrected chi connectivity index (χ0v) is 11.4. The summed E-state index contributed by atoms with van der Waals surface area (Å²) >= 11 is 1.38. The largest absolute Gasteiger partial charge is 0.494 e. The van der Waals surface area contributed by atoms with Crippen molar-refractivity contribution in [2.24, 2.45) is 5.73 Å². The Morgan fingerprint density at radius 3 is 2.89 bits per heavy atom. The number of ether oxygens (including phenoxy) is 1. The maximum absolute atomic E-state index is 13.4. The summed E-state index contributed by atoms with van der Waals surface area (Å²) < 4.78 is 18.3. The van der Waals surface area contributed by atoms with E-state index in [0.717, 1.165) is 16.1 Å². The molecule has 19 heavy (non-hydrogen) atoms. The molecule has 2 aromatic rings. The summed E-state index contributed by atoms with van der Waals surface area (Å²) in [6, 6.07) is 4.62. The Morgan fingerprint density at radius 1 is 1.53 bits per heavy atom. The van der Waals surface area contributed by atoms with E-state index >= 15 is 0 Å². The molecule has 1 heterocycles. The number of hydrogen-bond donors (Lipinski definition) is 1. The van der Waals surface area contributed by atoms with E-state index < -0.39 is 11.7 Å². The topological polar surface area (TPSA) is 65.2 Å². The fourth-order valence-corrected chi connectivity index (χ4v) is 2.82. The van der Waals surface area contributed by atoms with Gasteiger partial charge in [0.15, 0.2) is 11.6 Å². The highest BCUT2D eigenvalue weighted by atomic mass is 32.1. The van der Waals surface area contributed by atoms with Crippen LogP contribution in [0.2, 0.25) is 0 Å². The maximum atomic E-state index is 13.4. The normalized spacial score (nSPS) is 10.5. The van der Waals surface area contributed by atoms with Crippen LogP contribution in [0.5, 0.6) is 5.75 Å². The van der Waals surface area contributed by atoms with Crippen molar-refractivity contribution in [2.75, 3.05) is 7.11 Å². The molecule has 0 atom stereocenters. The van der Waals surface area contributed by atoms with Gasteiger partial charge in [-0.25, -0.2) is 9.37 Å². The van der Waals surface area contributed by atoms with Gasteiger partial charge >= 0.3 is 0 Å². The summed E-state index contributed by atoms with van der Waals surface area (Å²) in [6.07, 6.45) is 0.115. The van der Waals surface area contributed by atoms with E-state index in [9.17, 15) is 9.18 Å². The van der Waals surface area contributed by atoms with E-state index in [1.54, 1.807) is 12.1 Å². The molecule has 1 amide bonds. The highest BCUT2D eigenvalue weighted by Gasteiger charge is 2.13. The van der Waals surface area contributed by atoms with Gasteiger partial charge in [-0.05, 0) is 24.6 Å². The number of carbonyl (C=O) groups is 1. The van der Waals surface area contributed by atoms with E-state index in [0.29, 0.717) is 5.01 Å². The number of methoxy groups -OCH3 is 1. The average Bonchev–Trinajstić information content (AvgIpc) is 2.70. The Hall–Kier alpha value is -1.95. The minimum Gasteiger partial charge on any atom is -0.494 e. The first-order valence-corrected chi connectivity index (χ1v) is 6.41. The molecule has 1 aromatic heterocycles. The number of halogens is 1. The molecule has 0 saturated heterocycles. The molecule has 0 fully saturated rings. The van der Waals surface area contributed by atoms with E-state index in [2.05, 4.69) is 4.98 Å². The number of rotatable bonds is 4. The van der Waals surface area contributed by atoms with Crippen LogP contribution in [0.25, 0.3) is 10.4 Å². The van der Waals surface area contributed by atoms with Crippen molar-refractivity contribution in [3.63, 3.8) is 0 Å². The number of nitrogens with zero attached hydrogens (tertiary/aromatic N) is 1. The standard InChI is InChI=1S/C13H13FN2O2S/c1-7-13(19-12(16-7)6-11(15)17)8-3-4-9(14)10(5-8)18-2/h3-5H,6H2,1-2H3,(H2,15,17). The van der Waals surface area contributed by atoms with E-state index in [1.807, 2.05) is 6.92 Å². The molecular weight excluding hydrogens is 267 g/mol. The molecule has 0 aliphatic rings. The second-order valence-corrected chi connectivity index (χ2v) is 5.10. The molecule has 1 aromatic carbocycles.